The van der Waals surface area contributed by atoms with Crippen LogP contribution >= 0.6 is 0 Å². The van der Waals surface area contributed by atoms with Crippen molar-refractivity contribution in [2.45, 2.75) is 43.9 Å². The Hall–Kier alpha value is -1.92. The lowest BCUT2D eigenvalue weighted by atomic mass is 9.98. The number of carbonyl (C=O) groups is 1. The van der Waals surface area contributed by atoms with Gasteiger partial charge in [0.25, 0.3) is 0 Å². The number of rotatable bonds is 3. The van der Waals surface area contributed by atoms with E-state index in [2.05, 4.69) is 19.4 Å². The lowest BCUT2D eigenvalue weighted by Gasteiger charge is -2.43. The molecule has 0 radical (unpaired) electrons. The number of hydrogen-bond donors (Lipinski definition) is 1. The number of anilines is 1. The smallest absolute Gasteiger partial charge is 0.411 e. The second-order valence-corrected chi connectivity index (χ2v) is 8.19. The number of halogens is 2. The number of hydrogen-bond acceptors (Lipinski definition) is 2. The first-order valence-corrected chi connectivity index (χ1v) is 9.59. The zero-order valence-electron chi connectivity index (χ0n) is 16.2. The van der Waals surface area contributed by atoms with Crippen molar-refractivity contribution in [1.82, 2.24) is 0 Å². The predicted molar refractivity (Wildman–Crippen MR) is 104 cm³/mol. The molecule has 1 N–H and O–H groups in total. The second-order valence-electron chi connectivity index (χ2n) is 8.19. The van der Waals surface area contributed by atoms with Gasteiger partial charge in [-0.3, -0.25) is 5.32 Å². The lowest BCUT2D eigenvalue weighted by Crippen LogP contribution is -3.00. The van der Waals surface area contributed by atoms with Crippen LogP contribution in [0.25, 0.3) is 11.1 Å². The van der Waals surface area contributed by atoms with Gasteiger partial charge in [0.15, 0.2) is 0 Å². The molecule has 2 aliphatic rings. The van der Waals surface area contributed by atoms with Crippen molar-refractivity contribution in [1.29, 1.82) is 0 Å². The summed E-state index contributed by atoms with van der Waals surface area (Å²) in [4.78, 5) is 12.5. The lowest BCUT2D eigenvalue weighted by molar-refractivity contribution is -0.931. The summed E-state index contributed by atoms with van der Waals surface area (Å²) in [5.74, 6) is -0.336. The first-order chi connectivity index (χ1) is 12.9. The van der Waals surface area contributed by atoms with Crippen molar-refractivity contribution in [2.24, 2.45) is 0 Å². The normalized spacial score (nSPS) is 24.9. The van der Waals surface area contributed by atoms with E-state index in [4.69, 9.17) is 4.74 Å². The fourth-order valence-electron chi connectivity index (χ4n) is 4.70. The molecule has 6 heteroatoms. The van der Waals surface area contributed by atoms with E-state index in [0.717, 1.165) is 22.9 Å². The van der Waals surface area contributed by atoms with Gasteiger partial charge in [-0.2, -0.15) is 0 Å². The number of fused-ring (bicyclic) bond motifs is 2. The molecule has 2 aromatic carbocycles. The Kier molecular flexibility index (Phi) is 6.10. The van der Waals surface area contributed by atoms with Crippen LogP contribution in [-0.4, -0.2) is 42.9 Å². The molecule has 2 bridgehead atoms. The van der Waals surface area contributed by atoms with Gasteiger partial charge >= 0.3 is 6.09 Å². The quantitative estimate of drug-likeness (QED) is 0.727. The first kappa shape index (κ1) is 20.8. The molecular weight excluding hydrogens is 423 g/mol. The van der Waals surface area contributed by atoms with Crippen LogP contribution in [0.2, 0.25) is 0 Å². The SMILES string of the molecule is C[N+]1(C)C2CCC1CC(OC(=O)Nc1ccc(F)cc1-c1ccccc1)C2.[Br-]. The highest BCUT2D eigenvalue weighted by Crippen LogP contribution is 2.40. The van der Waals surface area contributed by atoms with E-state index in [-0.39, 0.29) is 28.9 Å². The number of amides is 1. The largest absolute Gasteiger partial charge is 1.00 e. The van der Waals surface area contributed by atoms with Crippen molar-refractivity contribution in [3.05, 3.63) is 54.3 Å². The number of ether oxygens (including phenoxy) is 1. The fraction of sp³-hybridized carbons (Fsp3) is 0.409. The summed E-state index contributed by atoms with van der Waals surface area (Å²) < 4.78 is 20.5. The van der Waals surface area contributed by atoms with Crippen molar-refractivity contribution in [3.63, 3.8) is 0 Å². The molecule has 150 valence electrons. The Morgan fingerprint density at radius 1 is 1.07 bits per heavy atom. The minimum Gasteiger partial charge on any atom is -1.00 e. The third-order valence-electron chi connectivity index (χ3n) is 6.36. The third-order valence-corrected chi connectivity index (χ3v) is 6.36. The Balaban J connectivity index is 0.00000225. The first-order valence-electron chi connectivity index (χ1n) is 9.59. The van der Waals surface area contributed by atoms with Crippen molar-refractivity contribution in [3.8, 4) is 11.1 Å². The van der Waals surface area contributed by atoms with E-state index in [1.54, 1.807) is 6.07 Å². The van der Waals surface area contributed by atoms with Crippen LogP contribution < -0.4 is 22.3 Å². The van der Waals surface area contributed by atoms with Crippen LogP contribution in [0.3, 0.4) is 0 Å². The molecule has 0 aromatic heterocycles. The average molecular weight is 449 g/mol. The van der Waals surface area contributed by atoms with Gasteiger partial charge in [0.2, 0.25) is 0 Å². The molecule has 2 saturated heterocycles. The van der Waals surface area contributed by atoms with Crippen LogP contribution in [0.5, 0.6) is 0 Å². The molecule has 4 rings (SSSR count). The monoisotopic (exact) mass is 448 g/mol. The van der Waals surface area contributed by atoms with Crippen LogP contribution in [0, 0.1) is 5.82 Å². The summed E-state index contributed by atoms with van der Waals surface area (Å²) in [6.45, 7) is 0. The van der Waals surface area contributed by atoms with Gasteiger partial charge in [0.1, 0.15) is 11.9 Å². The standard InChI is InChI=1S/C22H25FN2O2.BrH/c1-25(2)17-9-10-18(25)14-19(13-17)27-22(26)24-21-11-8-16(23)12-20(21)15-6-4-3-5-7-15;/h3-8,11-12,17-19H,9-10,13-14H2,1-2H3;1H. The fourth-order valence-corrected chi connectivity index (χ4v) is 4.70. The summed E-state index contributed by atoms with van der Waals surface area (Å²) in [6, 6.07) is 15.0. The van der Waals surface area contributed by atoms with Gasteiger partial charge in [-0.05, 0) is 23.8 Å². The Bertz CT molecular complexity index is 828. The van der Waals surface area contributed by atoms with Crippen LogP contribution in [0.1, 0.15) is 25.7 Å². The molecule has 0 spiro atoms. The maximum atomic E-state index is 13.8. The van der Waals surface area contributed by atoms with E-state index in [1.165, 1.54) is 25.0 Å². The van der Waals surface area contributed by atoms with Crippen molar-refractivity contribution in [2.75, 3.05) is 19.4 Å². The summed E-state index contributed by atoms with van der Waals surface area (Å²) in [5, 5.41) is 2.82. The van der Waals surface area contributed by atoms with Gasteiger partial charge in [-0.1, -0.05) is 30.3 Å². The molecule has 2 unspecified atom stereocenters. The number of quaternary nitrogens is 1. The minimum absolute atomic E-state index is 0. The molecule has 2 fully saturated rings. The van der Waals surface area contributed by atoms with Crippen molar-refractivity contribution < 1.29 is 35.4 Å². The third kappa shape index (κ3) is 4.08. The number of nitrogens with one attached hydrogen (secondary N) is 1. The van der Waals surface area contributed by atoms with E-state index in [1.807, 2.05) is 30.3 Å². The van der Waals surface area contributed by atoms with Gasteiger partial charge in [0.05, 0.1) is 31.9 Å². The molecule has 2 aromatic rings. The molecule has 0 aliphatic carbocycles. The number of benzene rings is 2. The molecule has 28 heavy (non-hydrogen) atoms. The van der Waals surface area contributed by atoms with E-state index >= 15 is 0 Å². The van der Waals surface area contributed by atoms with Gasteiger partial charge in [0, 0.05) is 31.2 Å². The highest BCUT2D eigenvalue weighted by molar-refractivity contribution is 5.91. The zero-order chi connectivity index (χ0) is 19.0. The van der Waals surface area contributed by atoms with Crippen LogP contribution in [0.15, 0.2) is 48.5 Å². The highest BCUT2D eigenvalue weighted by Gasteiger charge is 2.49. The zero-order valence-corrected chi connectivity index (χ0v) is 17.8. The Labute approximate surface area is 176 Å². The number of carbonyl (C=O) groups excluding carboxylic acids is 1. The van der Waals surface area contributed by atoms with Crippen LogP contribution in [-0.2, 0) is 4.74 Å². The minimum atomic E-state index is -0.463. The average Bonchev–Trinajstić information content (AvgIpc) is 2.81. The highest BCUT2D eigenvalue weighted by atomic mass is 79.9. The molecule has 2 heterocycles. The van der Waals surface area contributed by atoms with Crippen LogP contribution in [0.4, 0.5) is 14.9 Å². The Morgan fingerprint density at radius 3 is 2.36 bits per heavy atom. The van der Waals surface area contributed by atoms with E-state index < -0.39 is 6.09 Å². The maximum absolute atomic E-state index is 13.8. The second kappa shape index (κ2) is 8.21. The topological polar surface area (TPSA) is 38.3 Å². The summed E-state index contributed by atoms with van der Waals surface area (Å²) >= 11 is 0. The summed E-state index contributed by atoms with van der Waals surface area (Å²) in [7, 11) is 4.56. The molecule has 2 atom stereocenters. The predicted octanol–water partition coefficient (Wildman–Crippen LogP) is 1.81. The molecule has 0 saturated carbocycles. The summed E-state index contributed by atoms with van der Waals surface area (Å²) in [6.07, 6.45) is 3.71. The van der Waals surface area contributed by atoms with Gasteiger partial charge in [-0.15, -0.1) is 0 Å². The van der Waals surface area contributed by atoms with Crippen molar-refractivity contribution >= 4 is 11.8 Å². The Morgan fingerprint density at radius 2 is 1.71 bits per heavy atom. The van der Waals surface area contributed by atoms with E-state index in [0.29, 0.717) is 23.3 Å². The number of piperidine rings is 1. The molecule has 2 aliphatic heterocycles. The maximum Gasteiger partial charge on any atom is 0.411 e. The molecule has 4 nitrogen and oxygen atoms in total. The van der Waals surface area contributed by atoms with E-state index in [9.17, 15) is 9.18 Å². The number of nitrogens with zero attached hydrogens (tertiary/aromatic N) is 1. The summed E-state index contributed by atoms with van der Waals surface area (Å²) in [5.41, 5.74) is 2.05. The van der Waals surface area contributed by atoms with Gasteiger partial charge in [-0.25, -0.2) is 9.18 Å². The molecular formula is C22H26BrFN2O2. The van der Waals surface area contributed by atoms with Gasteiger partial charge < -0.3 is 26.2 Å². The molecule has 1 amide bonds.